The molecule has 3 unspecified atom stereocenters. The van der Waals surface area contributed by atoms with Crippen molar-refractivity contribution in [2.75, 3.05) is 19.6 Å². The van der Waals surface area contributed by atoms with Crippen LogP contribution in [0.3, 0.4) is 0 Å². The van der Waals surface area contributed by atoms with Crippen molar-refractivity contribution in [2.45, 2.75) is 31.2 Å². The molecule has 0 bridgehead atoms. The van der Waals surface area contributed by atoms with Crippen molar-refractivity contribution in [2.24, 2.45) is 11.8 Å². The number of rotatable bonds is 3. The Hall–Kier alpha value is -2.62. The van der Waals surface area contributed by atoms with Gasteiger partial charge in [0.1, 0.15) is 5.82 Å². The molecule has 2 aliphatic heterocycles. The maximum Gasteiger partial charge on any atom is 0.416 e. The Morgan fingerprint density at radius 1 is 0.939 bits per heavy atom. The van der Waals surface area contributed by atoms with Crippen LogP contribution in [-0.4, -0.2) is 30.4 Å². The van der Waals surface area contributed by atoms with Gasteiger partial charge in [0.05, 0.1) is 23.6 Å². The molecule has 3 nitrogen and oxygen atoms in total. The predicted octanol–water partition coefficient (Wildman–Crippen LogP) is 5.22. The van der Waals surface area contributed by atoms with Gasteiger partial charge in [-0.05, 0) is 60.3 Å². The van der Waals surface area contributed by atoms with Gasteiger partial charge in [0.2, 0.25) is 5.91 Å². The molecule has 0 aromatic heterocycles. The average molecular weight is 474 g/mol. The molecule has 2 heterocycles. The highest BCUT2D eigenvalue weighted by Crippen LogP contribution is 2.42. The zero-order valence-electron chi connectivity index (χ0n) is 17.3. The fraction of sp³-hybridized carbons (Fsp3) is 0.435. The number of hydrogen-bond donors (Lipinski definition) is 1. The topological polar surface area (TPSA) is 32.3 Å². The smallest absolute Gasteiger partial charge is 0.335 e. The first-order valence-corrected chi connectivity index (χ1v) is 10.5. The number of nitrogens with zero attached hydrogens (tertiary/aromatic N) is 1. The quantitative estimate of drug-likeness (QED) is 0.620. The Morgan fingerprint density at radius 2 is 1.55 bits per heavy atom. The van der Waals surface area contributed by atoms with Crippen LogP contribution >= 0.6 is 0 Å². The van der Waals surface area contributed by atoms with E-state index in [2.05, 4.69) is 5.32 Å². The van der Waals surface area contributed by atoms with Gasteiger partial charge < -0.3 is 10.2 Å². The summed E-state index contributed by atoms with van der Waals surface area (Å²) in [5, 5.41) is 3.27. The molecule has 2 fully saturated rings. The van der Waals surface area contributed by atoms with Crippen molar-refractivity contribution >= 4 is 5.91 Å². The van der Waals surface area contributed by atoms with Crippen LogP contribution in [0.25, 0.3) is 0 Å². The van der Waals surface area contributed by atoms with Crippen LogP contribution in [0.1, 0.15) is 34.7 Å². The first-order valence-electron chi connectivity index (χ1n) is 10.5. The third-order valence-corrected chi connectivity index (χ3v) is 6.41. The molecule has 0 radical (unpaired) electrons. The summed E-state index contributed by atoms with van der Waals surface area (Å²) in [5.41, 5.74) is -2.57. The fourth-order valence-electron chi connectivity index (χ4n) is 4.88. The fourth-order valence-corrected chi connectivity index (χ4v) is 4.88. The van der Waals surface area contributed by atoms with Gasteiger partial charge in [0.15, 0.2) is 0 Å². The highest BCUT2D eigenvalue weighted by molar-refractivity contribution is 5.79. The van der Waals surface area contributed by atoms with Gasteiger partial charge >= 0.3 is 12.4 Å². The van der Waals surface area contributed by atoms with Crippen LogP contribution in [-0.2, 0) is 23.6 Å². The number of carbonyl (C=O) groups excluding carboxylic acids is 1. The first-order chi connectivity index (χ1) is 15.4. The van der Waals surface area contributed by atoms with Gasteiger partial charge in [-0.15, -0.1) is 0 Å². The lowest BCUT2D eigenvalue weighted by atomic mass is 9.78. The van der Waals surface area contributed by atoms with E-state index in [9.17, 15) is 35.5 Å². The average Bonchev–Trinajstić information content (AvgIpc) is 3.21. The van der Waals surface area contributed by atoms with Crippen LogP contribution in [0.5, 0.6) is 0 Å². The zero-order valence-corrected chi connectivity index (χ0v) is 17.3. The summed E-state index contributed by atoms with van der Waals surface area (Å²) in [6, 6.07) is 6.44. The molecule has 1 amide bonds. The molecule has 1 N–H and O–H groups in total. The van der Waals surface area contributed by atoms with E-state index in [0.717, 1.165) is 6.54 Å². The third kappa shape index (κ3) is 5.00. The number of hydrogen-bond acceptors (Lipinski definition) is 2. The maximum atomic E-state index is 13.5. The first kappa shape index (κ1) is 23.5. The molecule has 2 saturated heterocycles. The van der Waals surface area contributed by atoms with Gasteiger partial charge in [0.25, 0.3) is 0 Å². The van der Waals surface area contributed by atoms with E-state index in [1.165, 1.54) is 17.0 Å². The number of carbonyl (C=O) groups is 1. The minimum atomic E-state index is -4.98. The number of piperidine rings is 1. The minimum Gasteiger partial charge on any atom is -0.335 e. The van der Waals surface area contributed by atoms with Gasteiger partial charge in [-0.25, -0.2) is 4.39 Å². The van der Waals surface area contributed by atoms with E-state index < -0.39 is 47.7 Å². The molecule has 10 heteroatoms. The molecule has 0 aliphatic carbocycles. The molecule has 4 rings (SSSR count). The van der Waals surface area contributed by atoms with Crippen LogP contribution < -0.4 is 5.32 Å². The summed E-state index contributed by atoms with van der Waals surface area (Å²) in [6.45, 7) is 1.68. The van der Waals surface area contributed by atoms with Crippen LogP contribution in [0, 0.1) is 17.7 Å². The third-order valence-electron chi connectivity index (χ3n) is 6.41. The summed E-state index contributed by atoms with van der Waals surface area (Å²) < 4.78 is 92.6. The van der Waals surface area contributed by atoms with Crippen molar-refractivity contribution in [1.82, 2.24) is 10.2 Å². The molecule has 178 valence electrons. The molecule has 2 aliphatic rings. The van der Waals surface area contributed by atoms with Crippen LogP contribution in [0.4, 0.5) is 30.7 Å². The van der Waals surface area contributed by atoms with Crippen LogP contribution in [0.15, 0.2) is 42.5 Å². The van der Waals surface area contributed by atoms with Gasteiger partial charge in [-0.2, -0.15) is 26.3 Å². The number of fused-ring (bicyclic) bond motifs is 1. The number of amides is 1. The zero-order chi connectivity index (χ0) is 24.0. The van der Waals surface area contributed by atoms with E-state index in [-0.39, 0.29) is 23.5 Å². The SMILES string of the molecule is O=C(Cc1cc(C(F)(F)F)cc(C(F)(F)F)c1)N1CCC2CNCC2C1c1ccc(F)cc1. The number of halogens is 7. The Kier molecular flexibility index (Phi) is 6.15. The second-order valence-electron chi connectivity index (χ2n) is 8.55. The Bertz CT molecular complexity index is 985. The Labute approximate surface area is 185 Å². The van der Waals surface area contributed by atoms with Crippen LogP contribution in [0.2, 0.25) is 0 Å². The molecule has 2 aromatic carbocycles. The number of likely N-dealkylation sites (tertiary alicyclic amines) is 1. The monoisotopic (exact) mass is 474 g/mol. The lowest BCUT2D eigenvalue weighted by molar-refractivity contribution is -0.143. The van der Waals surface area contributed by atoms with Gasteiger partial charge in [-0.1, -0.05) is 12.1 Å². The highest BCUT2D eigenvalue weighted by atomic mass is 19.4. The van der Waals surface area contributed by atoms with E-state index in [1.54, 1.807) is 12.1 Å². The molecular formula is C23H21F7N2O. The predicted molar refractivity (Wildman–Crippen MR) is 105 cm³/mol. The van der Waals surface area contributed by atoms with Crippen molar-refractivity contribution in [3.63, 3.8) is 0 Å². The van der Waals surface area contributed by atoms with Crippen molar-refractivity contribution in [3.05, 3.63) is 70.5 Å². The lowest BCUT2D eigenvalue weighted by Gasteiger charge is -2.43. The lowest BCUT2D eigenvalue weighted by Crippen LogP contribution is -2.46. The Morgan fingerprint density at radius 3 is 2.12 bits per heavy atom. The second kappa shape index (κ2) is 8.62. The van der Waals surface area contributed by atoms with E-state index in [1.807, 2.05) is 0 Å². The van der Waals surface area contributed by atoms with Gasteiger partial charge in [-0.3, -0.25) is 4.79 Å². The van der Waals surface area contributed by atoms with Crippen molar-refractivity contribution < 1.29 is 35.5 Å². The Balaban J connectivity index is 1.66. The van der Waals surface area contributed by atoms with Gasteiger partial charge in [0, 0.05) is 19.0 Å². The normalized spacial score (nSPS) is 23.5. The summed E-state index contributed by atoms with van der Waals surface area (Å²) >= 11 is 0. The molecular weight excluding hydrogens is 453 g/mol. The largest absolute Gasteiger partial charge is 0.416 e. The molecule has 3 atom stereocenters. The number of nitrogens with one attached hydrogen (secondary N) is 1. The summed E-state index contributed by atoms with van der Waals surface area (Å²) in [7, 11) is 0. The molecule has 0 saturated carbocycles. The number of benzene rings is 2. The standard InChI is InChI=1S/C23H21F7N2O/c24-18-3-1-14(2-4-18)21-19-12-31-11-15(19)5-6-32(21)20(33)9-13-7-16(22(25,26)27)10-17(8-13)23(28,29)30/h1-4,7-8,10,15,19,21,31H,5-6,9,11-12H2. The minimum absolute atomic E-state index is 0.0143. The van der Waals surface area contributed by atoms with E-state index in [0.29, 0.717) is 37.2 Å². The summed E-state index contributed by atoms with van der Waals surface area (Å²) in [4.78, 5) is 14.7. The second-order valence-corrected chi connectivity index (χ2v) is 8.55. The van der Waals surface area contributed by atoms with E-state index in [4.69, 9.17) is 0 Å². The number of alkyl halides is 6. The molecule has 33 heavy (non-hydrogen) atoms. The summed E-state index contributed by atoms with van der Waals surface area (Å²) in [6.07, 6.45) is -9.90. The van der Waals surface area contributed by atoms with Crippen molar-refractivity contribution in [1.29, 1.82) is 0 Å². The molecule has 2 aromatic rings. The molecule has 0 spiro atoms. The highest BCUT2D eigenvalue weighted by Gasteiger charge is 2.43. The van der Waals surface area contributed by atoms with E-state index >= 15 is 0 Å². The summed E-state index contributed by atoms with van der Waals surface area (Å²) in [5.74, 6) is -0.728. The van der Waals surface area contributed by atoms with Crippen molar-refractivity contribution in [3.8, 4) is 0 Å². The maximum absolute atomic E-state index is 13.5.